The fourth-order valence-corrected chi connectivity index (χ4v) is 4.14. The number of hydrogen-bond donors (Lipinski definition) is 4. The van der Waals surface area contributed by atoms with Gasteiger partial charge in [0.15, 0.2) is 0 Å². The standard InChI is InChI=1S/C27H28N4O.2C2HF3O2/c1-20-18-31(12-11-29-20)19-23-7-4-9-25(15-23)24-8-3-6-22(14-24)17-30-27(32)26-10-2-5-21(13-26)16-28;2*3-2(4,5)1(6)7/h2-10,13-15,20,29H,11-12,17-19H2,1H3,(H,30,32);2*(H,6,7)/t20-;;/m0../s1. The molecule has 4 N–H and O–H groups in total. The van der Waals surface area contributed by atoms with E-state index in [-0.39, 0.29) is 5.91 Å². The van der Waals surface area contributed by atoms with E-state index in [4.69, 9.17) is 25.1 Å². The molecule has 0 saturated carbocycles. The van der Waals surface area contributed by atoms with Gasteiger partial charge in [-0.3, -0.25) is 9.69 Å². The van der Waals surface area contributed by atoms with E-state index in [2.05, 4.69) is 64.9 Å². The fourth-order valence-electron chi connectivity index (χ4n) is 4.14. The molecular weight excluding hydrogens is 622 g/mol. The number of nitriles is 1. The van der Waals surface area contributed by atoms with Gasteiger partial charge in [-0.2, -0.15) is 31.6 Å². The van der Waals surface area contributed by atoms with Crippen molar-refractivity contribution in [3.8, 4) is 17.2 Å². The third-order valence-corrected chi connectivity index (χ3v) is 6.24. The van der Waals surface area contributed by atoms with Crippen molar-refractivity contribution in [2.75, 3.05) is 19.6 Å². The van der Waals surface area contributed by atoms with E-state index in [1.165, 1.54) is 11.1 Å². The van der Waals surface area contributed by atoms with E-state index >= 15 is 0 Å². The molecule has 1 aliphatic heterocycles. The molecule has 0 aliphatic carbocycles. The van der Waals surface area contributed by atoms with Crippen LogP contribution >= 0.6 is 0 Å². The maximum absolute atomic E-state index is 12.5. The Labute approximate surface area is 260 Å². The smallest absolute Gasteiger partial charge is 0.475 e. The van der Waals surface area contributed by atoms with E-state index < -0.39 is 24.3 Å². The number of alkyl halides is 6. The number of amides is 1. The van der Waals surface area contributed by atoms with E-state index in [1.807, 2.05) is 12.1 Å². The first-order valence-electron chi connectivity index (χ1n) is 13.5. The van der Waals surface area contributed by atoms with Crippen LogP contribution in [-0.4, -0.2) is 71.0 Å². The third-order valence-electron chi connectivity index (χ3n) is 6.24. The summed E-state index contributed by atoms with van der Waals surface area (Å²) in [5.41, 5.74) is 5.64. The summed E-state index contributed by atoms with van der Waals surface area (Å²) in [6, 6.07) is 26.3. The minimum absolute atomic E-state index is 0.181. The Morgan fingerprint density at radius 2 is 1.41 bits per heavy atom. The lowest BCUT2D eigenvalue weighted by Crippen LogP contribution is -2.48. The van der Waals surface area contributed by atoms with Crippen molar-refractivity contribution < 1.29 is 50.9 Å². The molecule has 4 rings (SSSR count). The monoisotopic (exact) mass is 652 g/mol. The molecule has 1 aliphatic rings. The van der Waals surface area contributed by atoms with Gasteiger partial charge in [-0.15, -0.1) is 0 Å². The highest BCUT2D eigenvalue weighted by molar-refractivity contribution is 5.94. The molecule has 0 unspecified atom stereocenters. The predicted octanol–water partition coefficient (Wildman–Crippen LogP) is 5.22. The lowest BCUT2D eigenvalue weighted by Gasteiger charge is -2.31. The van der Waals surface area contributed by atoms with Crippen LogP contribution in [0.4, 0.5) is 26.3 Å². The van der Waals surface area contributed by atoms with Crippen LogP contribution in [0.5, 0.6) is 0 Å². The first kappa shape index (κ1) is 37.2. The number of piperazine rings is 1. The van der Waals surface area contributed by atoms with Gasteiger partial charge in [0.2, 0.25) is 0 Å². The van der Waals surface area contributed by atoms with Crippen molar-refractivity contribution in [3.05, 3.63) is 95.1 Å². The van der Waals surface area contributed by atoms with Gasteiger partial charge < -0.3 is 20.8 Å². The van der Waals surface area contributed by atoms with Crippen LogP contribution in [0, 0.1) is 11.3 Å². The Bertz CT molecular complexity index is 1510. The van der Waals surface area contributed by atoms with E-state index in [0.717, 1.165) is 37.3 Å². The molecule has 9 nitrogen and oxygen atoms in total. The molecule has 3 aromatic rings. The van der Waals surface area contributed by atoms with Crippen LogP contribution in [0.1, 0.15) is 34.0 Å². The molecule has 0 radical (unpaired) electrons. The van der Waals surface area contributed by atoms with Crippen LogP contribution in [-0.2, 0) is 22.7 Å². The normalized spacial score (nSPS) is 14.8. The largest absolute Gasteiger partial charge is 0.490 e. The quantitative estimate of drug-likeness (QED) is 0.266. The molecule has 1 atom stereocenters. The maximum Gasteiger partial charge on any atom is 0.490 e. The molecule has 1 amide bonds. The van der Waals surface area contributed by atoms with Gasteiger partial charge in [0.25, 0.3) is 5.91 Å². The number of carboxylic acid groups (broad SMARTS) is 2. The van der Waals surface area contributed by atoms with Gasteiger partial charge >= 0.3 is 24.3 Å². The number of carbonyl (C=O) groups is 3. The number of nitrogens with zero attached hydrogens (tertiary/aromatic N) is 2. The summed E-state index contributed by atoms with van der Waals surface area (Å²) < 4.78 is 63.5. The molecule has 46 heavy (non-hydrogen) atoms. The second-order valence-corrected chi connectivity index (χ2v) is 9.97. The average Bonchev–Trinajstić information content (AvgIpc) is 3.00. The van der Waals surface area contributed by atoms with Crippen molar-refractivity contribution in [3.63, 3.8) is 0 Å². The predicted molar refractivity (Wildman–Crippen MR) is 154 cm³/mol. The van der Waals surface area contributed by atoms with Crippen LogP contribution in [0.15, 0.2) is 72.8 Å². The van der Waals surface area contributed by atoms with Gasteiger partial charge in [-0.05, 0) is 59.5 Å². The Morgan fingerprint density at radius 1 is 0.891 bits per heavy atom. The minimum Gasteiger partial charge on any atom is -0.475 e. The molecule has 1 saturated heterocycles. The first-order chi connectivity index (χ1) is 21.5. The van der Waals surface area contributed by atoms with Crippen LogP contribution in [0.3, 0.4) is 0 Å². The van der Waals surface area contributed by atoms with Crippen molar-refractivity contribution in [1.29, 1.82) is 5.26 Å². The number of carboxylic acids is 2. The SMILES string of the molecule is C[C@H]1CN(Cc2cccc(-c3cccc(CNC(=O)c4cccc(C#N)c4)c3)c2)CCN1.O=C(O)C(F)(F)F.O=C(O)C(F)(F)F. The number of carbonyl (C=O) groups excluding carboxylic acids is 1. The molecule has 0 spiro atoms. The highest BCUT2D eigenvalue weighted by atomic mass is 19.4. The fraction of sp³-hybridized carbons (Fsp3) is 0.290. The number of rotatable bonds is 6. The van der Waals surface area contributed by atoms with Gasteiger partial charge in [-0.25, -0.2) is 9.59 Å². The summed E-state index contributed by atoms with van der Waals surface area (Å²) in [5.74, 6) is -5.69. The van der Waals surface area contributed by atoms with Crippen molar-refractivity contribution in [2.45, 2.75) is 38.4 Å². The Morgan fingerprint density at radius 3 is 1.93 bits per heavy atom. The summed E-state index contributed by atoms with van der Waals surface area (Å²) in [4.78, 5) is 32.8. The molecule has 1 fully saturated rings. The molecule has 15 heteroatoms. The number of benzene rings is 3. The molecule has 1 heterocycles. The third kappa shape index (κ3) is 13.0. The van der Waals surface area contributed by atoms with E-state index in [1.54, 1.807) is 24.3 Å². The minimum atomic E-state index is -5.08. The van der Waals surface area contributed by atoms with Crippen LogP contribution in [0.25, 0.3) is 11.1 Å². The van der Waals surface area contributed by atoms with Crippen LogP contribution < -0.4 is 10.6 Å². The Hall–Kier alpha value is -4.94. The van der Waals surface area contributed by atoms with Crippen LogP contribution in [0.2, 0.25) is 0 Å². The highest BCUT2D eigenvalue weighted by Crippen LogP contribution is 2.23. The topological polar surface area (TPSA) is 143 Å². The number of hydrogen-bond acceptors (Lipinski definition) is 6. The van der Waals surface area contributed by atoms with Crippen molar-refractivity contribution in [1.82, 2.24) is 15.5 Å². The summed E-state index contributed by atoms with van der Waals surface area (Å²) in [5, 5.41) is 29.7. The zero-order chi connectivity index (χ0) is 34.5. The van der Waals surface area contributed by atoms with Crippen molar-refractivity contribution in [2.24, 2.45) is 0 Å². The first-order valence-corrected chi connectivity index (χ1v) is 13.5. The number of nitrogens with one attached hydrogen (secondary N) is 2. The summed E-state index contributed by atoms with van der Waals surface area (Å²) in [6.45, 7) is 6.79. The summed E-state index contributed by atoms with van der Waals surface area (Å²) in [7, 11) is 0. The molecule has 3 aromatic carbocycles. The highest BCUT2D eigenvalue weighted by Gasteiger charge is 2.38. The zero-order valence-electron chi connectivity index (χ0n) is 24.3. The second-order valence-electron chi connectivity index (χ2n) is 9.97. The lowest BCUT2D eigenvalue weighted by molar-refractivity contribution is -0.193. The Kier molecular flexibility index (Phi) is 13.7. The second kappa shape index (κ2) is 16.9. The van der Waals surface area contributed by atoms with Gasteiger partial charge in [-0.1, -0.05) is 42.5 Å². The summed E-state index contributed by atoms with van der Waals surface area (Å²) in [6.07, 6.45) is -10.2. The average molecular weight is 653 g/mol. The Balaban J connectivity index is 0.000000440. The summed E-state index contributed by atoms with van der Waals surface area (Å²) >= 11 is 0. The molecule has 246 valence electrons. The number of halogens is 6. The maximum atomic E-state index is 12.5. The van der Waals surface area contributed by atoms with Crippen molar-refractivity contribution >= 4 is 17.8 Å². The molecular formula is C31H30F6N4O5. The van der Waals surface area contributed by atoms with Gasteiger partial charge in [0, 0.05) is 44.3 Å². The number of aliphatic carboxylic acids is 2. The zero-order valence-corrected chi connectivity index (χ0v) is 24.3. The lowest BCUT2D eigenvalue weighted by atomic mass is 10.0. The van der Waals surface area contributed by atoms with Gasteiger partial charge in [0.1, 0.15) is 0 Å². The molecule has 0 aromatic heterocycles. The van der Waals surface area contributed by atoms with E-state index in [9.17, 15) is 31.1 Å². The van der Waals surface area contributed by atoms with E-state index in [0.29, 0.717) is 23.7 Å². The van der Waals surface area contributed by atoms with Gasteiger partial charge in [0.05, 0.1) is 11.6 Å². The molecule has 0 bridgehead atoms.